The molecule has 2 N–H and O–H groups in total. The van der Waals surface area contributed by atoms with Gasteiger partial charge in [0.25, 0.3) is 11.5 Å². The number of fused-ring (bicyclic) bond motifs is 1. The summed E-state index contributed by atoms with van der Waals surface area (Å²) in [5.74, 6) is -0.0185. The zero-order chi connectivity index (χ0) is 19.7. The first kappa shape index (κ1) is 18.6. The van der Waals surface area contributed by atoms with Crippen molar-refractivity contribution in [3.05, 3.63) is 68.6 Å². The van der Waals surface area contributed by atoms with Gasteiger partial charge in [0.15, 0.2) is 5.78 Å². The quantitative estimate of drug-likeness (QED) is 0.751. The number of amides is 1. The Morgan fingerprint density at radius 2 is 2.04 bits per heavy atom. The van der Waals surface area contributed by atoms with E-state index in [1.165, 1.54) is 28.8 Å². The molecule has 2 aromatic rings. The van der Waals surface area contributed by atoms with Crippen molar-refractivity contribution in [2.45, 2.75) is 38.8 Å². The maximum absolute atomic E-state index is 12.9. The standard InChI is InChI=1S/C22H25N3O3/c1-23-21(27)19-10-18(20(26)9-14-2-3-14)13-25(22(19)28)12-15-4-5-16-6-7-24-11-17(16)8-15/h4-5,8,10,13-14,24H,2-3,6-7,9,11-12H2,1H3,(H,23,27). The van der Waals surface area contributed by atoms with Crippen molar-refractivity contribution < 1.29 is 9.59 Å². The number of pyridine rings is 1. The Bertz CT molecular complexity index is 989. The molecule has 0 bridgehead atoms. The number of rotatable bonds is 6. The maximum atomic E-state index is 12.9. The highest BCUT2D eigenvalue weighted by Gasteiger charge is 2.26. The van der Waals surface area contributed by atoms with Crippen molar-refractivity contribution in [1.82, 2.24) is 15.2 Å². The molecule has 28 heavy (non-hydrogen) atoms. The lowest BCUT2D eigenvalue weighted by molar-refractivity contribution is 0.0961. The predicted octanol–water partition coefficient (Wildman–Crippen LogP) is 1.88. The first-order valence-corrected chi connectivity index (χ1v) is 9.86. The van der Waals surface area contributed by atoms with E-state index in [-0.39, 0.29) is 16.9 Å². The number of hydrogen-bond donors (Lipinski definition) is 2. The van der Waals surface area contributed by atoms with E-state index in [4.69, 9.17) is 0 Å². The molecule has 0 radical (unpaired) electrons. The van der Waals surface area contributed by atoms with Crippen LogP contribution in [0.15, 0.2) is 35.3 Å². The third-order valence-corrected chi connectivity index (χ3v) is 5.56. The van der Waals surface area contributed by atoms with Crippen molar-refractivity contribution in [3.8, 4) is 0 Å². The maximum Gasteiger partial charge on any atom is 0.263 e. The molecule has 1 saturated carbocycles. The molecule has 1 amide bonds. The van der Waals surface area contributed by atoms with Crippen molar-refractivity contribution in [2.24, 2.45) is 5.92 Å². The highest BCUT2D eigenvalue weighted by atomic mass is 16.2. The Labute approximate surface area is 164 Å². The summed E-state index contributed by atoms with van der Waals surface area (Å²) < 4.78 is 1.49. The molecule has 1 aromatic heterocycles. The molecule has 6 nitrogen and oxygen atoms in total. The van der Waals surface area contributed by atoms with Crippen LogP contribution in [0.25, 0.3) is 0 Å². The molecule has 1 fully saturated rings. The van der Waals surface area contributed by atoms with E-state index in [9.17, 15) is 14.4 Å². The lowest BCUT2D eigenvalue weighted by Gasteiger charge is -2.18. The van der Waals surface area contributed by atoms with Crippen molar-refractivity contribution in [1.29, 1.82) is 0 Å². The summed E-state index contributed by atoms with van der Waals surface area (Å²) in [6.07, 6.45) is 5.25. The summed E-state index contributed by atoms with van der Waals surface area (Å²) in [6.45, 7) is 2.13. The molecular weight excluding hydrogens is 354 g/mol. The van der Waals surface area contributed by atoms with Crippen LogP contribution < -0.4 is 16.2 Å². The van der Waals surface area contributed by atoms with Gasteiger partial charge in [0, 0.05) is 31.8 Å². The molecule has 0 atom stereocenters. The monoisotopic (exact) mass is 379 g/mol. The Kier molecular flexibility index (Phi) is 5.13. The minimum atomic E-state index is -0.463. The molecule has 1 aliphatic heterocycles. The van der Waals surface area contributed by atoms with Gasteiger partial charge in [0.2, 0.25) is 0 Å². The summed E-state index contributed by atoms with van der Waals surface area (Å²) >= 11 is 0. The highest BCUT2D eigenvalue weighted by molar-refractivity contribution is 6.00. The zero-order valence-corrected chi connectivity index (χ0v) is 16.1. The molecule has 1 aliphatic carbocycles. The van der Waals surface area contributed by atoms with Gasteiger partial charge in [0.05, 0.1) is 6.54 Å². The molecule has 0 unspecified atom stereocenters. The summed E-state index contributed by atoms with van der Waals surface area (Å²) in [5.41, 5.74) is 3.63. The number of nitrogens with one attached hydrogen (secondary N) is 2. The van der Waals surface area contributed by atoms with Crippen LogP contribution in [0.1, 0.15) is 56.7 Å². The van der Waals surface area contributed by atoms with Gasteiger partial charge >= 0.3 is 0 Å². The van der Waals surface area contributed by atoms with Crippen LogP contribution in [0.4, 0.5) is 0 Å². The average molecular weight is 379 g/mol. The Morgan fingerprint density at radius 1 is 1.21 bits per heavy atom. The van der Waals surface area contributed by atoms with Crippen LogP contribution in [0.3, 0.4) is 0 Å². The second-order valence-corrected chi connectivity index (χ2v) is 7.76. The first-order chi connectivity index (χ1) is 13.5. The van der Waals surface area contributed by atoms with Crippen LogP contribution in [0.2, 0.25) is 0 Å². The normalized spacial score (nSPS) is 15.8. The fraction of sp³-hybridized carbons (Fsp3) is 0.409. The van der Waals surface area contributed by atoms with Gasteiger partial charge in [-0.2, -0.15) is 0 Å². The minimum Gasteiger partial charge on any atom is -0.355 e. The lowest BCUT2D eigenvalue weighted by Crippen LogP contribution is -2.32. The van der Waals surface area contributed by atoms with E-state index in [0.717, 1.165) is 37.9 Å². The third-order valence-electron chi connectivity index (χ3n) is 5.56. The summed E-state index contributed by atoms with van der Waals surface area (Å²) in [5, 5.41) is 5.86. The number of carbonyl (C=O) groups excluding carboxylic acids is 2. The highest BCUT2D eigenvalue weighted by Crippen LogP contribution is 2.33. The van der Waals surface area contributed by atoms with E-state index in [0.29, 0.717) is 24.4 Å². The fourth-order valence-corrected chi connectivity index (χ4v) is 3.73. The van der Waals surface area contributed by atoms with Gasteiger partial charge in [-0.3, -0.25) is 14.4 Å². The largest absolute Gasteiger partial charge is 0.355 e. The Hall–Kier alpha value is -2.73. The van der Waals surface area contributed by atoms with Crippen LogP contribution in [0.5, 0.6) is 0 Å². The van der Waals surface area contributed by atoms with E-state index < -0.39 is 5.91 Å². The van der Waals surface area contributed by atoms with E-state index in [2.05, 4.69) is 22.8 Å². The molecule has 1 aromatic carbocycles. The van der Waals surface area contributed by atoms with Gasteiger partial charge < -0.3 is 15.2 Å². The molecule has 6 heteroatoms. The second-order valence-electron chi connectivity index (χ2n) is 7.76. The summed E-state index contributed by atoms with van der Waals surface area (Å²) in [6, 6.07) is 7.68. The van der Waals surface area contributed by atoms with Gasteiger partial charge in [-0.05, 0) is 54.5 Å². The number of benzene rings is 1. The number of hydrogen-bond acceptors (Lipinski definition) is 4. The van der Waals surface area contributed by atoms with Crippen LogP contribution in [-0.2, 0) is 19.5 Å². The number of nitrogens with zero attached hydrogens (tertiary/aromatic N) is 1. The number of carbonyl (C=O) groups is 2. The second kappa shape index (κ2) is 7.72. The van der Waals surface area contributed by atoms with Gasteiger partial charge in [-0.25, -0.2) is 0 Å². The molecule has 0 saturated heterocycles. The van der Waals surface area contributed by atoms with Crippen LogP contribution in [0, 0.1) is 5.92 Å². The molecule has 4 rings (SSSR count). The van der Waals surface area contributed by atoms with Crippen molar-refractivity contribution in [3.63, 3.8) is 0 Å². The molecule has 2 heterocycles. The van der Waals surface area contributed by atoms with Crippen LogP contribution >= 0.6 is 0 Å². The Balaban J connectivity index is 1.69. The smallest absolute Gasteiger partial charge is 0.263 e. The summed E-state index contributed by atoms with van der Waals surface area (Å²) in [7, 11) is 1.49. The van der Waals surface area contributed by atoms with Crippen molar-refractivity contribution in [2.75, 3.05) is 13.6 Å². The van der Waals surface area contributed by atoms with Gasteiger partial charge in [-0.15, -0.1) is 0 Å². The van der Waals surface area contributed by atoms with Crippen molar-refractivity contribution >= 4 is 11.7 Å². The predicted molar refractivity (Wildman–Crippen MR) is 107 cm³/mol. The molecule has 2 aliphatic rings. The van der Waals surface area contributed by atoms with Gasteiger partial charge in [0.1, 0.15) is 5.56 Å². The first-order valence-electron chi connectivity index (χ1n) is 9.86. The fourth-order valence-electron chi connectivity index (χ4n) is 3.73. The van der Waals surface area contributed by atoms with E-state index >= 15 is 0 Å². The Morgan fingerprint density at radius 3 is 2.79 bits per heavy atom. The van der Waals surface area contributed by atoms with Crippen LogP contribution in [-0.4, -0.2) is 29.8 Å². The SMILES string of the molecule is CNC(=O)c1cc(C(=O)CC2CC2)cn(Cc2ccc3c(c2)CNCC3)c1=O. The number of ketones is 1. The topological polar surface area (TPSA) is 80.2 Å². The lowest BCUT2D eigenvalue weighted by atomic mass is 9.98. The molecule has 146 valence electrons. The number of aromatic nitrogens is 1. The molecule has 0 spiro atoms. The van der Waals surface area contributed by atoms with E-state index in [1.807, 2.05) is 6.07 Å². The minimum absolute atomic E-state index is 0.00366. The third kappa shape index (κ3) is 3.92. The molecular formula is C22H25N3O3. The summed E-state index contributed by atoms with van der Waals surface area (Å²) in [4.78, 5) is 37.7. The van der Waals surface area contributed by atoms with E-state index in [1.54, 1.807) is 6.20 Å². The number of Topliss-reactive ketones (excluding diaryl/α,β-unsaturated/α-hetero) is 1. The average Bonchev–Trinajstić information content (AvgIpc) is 3.52. The van der Waals surface area contributed by atoms with Gasteiger partial charge in [-0.1, -0.05) is 18.2 Å². The zero-order valence-electron chi connectivity index (χ0n) is 16.1.